The number of carbonyl (C=O) groups is 2. The second kappa shape index (κ2) is 7.68. The molecule has 0 N–H and O–H groups in total. The smallest absolute Gasteiger partial charge is 0.316 e. The van der Waals surface area contributed by atoms with Crippen molar-refractivity contribution in [3.05, 3.63) is 11.8 Å². The van der Waals surface area contributed by atoms with Crippen LogP contribution in [0.2, 0.25) is 0 Å². The molecule has 0 bridgehead atoms. The molecule has 1 aliphatic carbocycles. The van der Waals surface area contributed by atoms with Gasteiger partial charge in [-0.25, -0.2) is 4.99 Å². The van der Waals surface area contributed by atoms with Gasteiger partial charge in [-0.15, -0.1) is 0 Å². The fourth-order valence-corrected chi connectivity index (χ4v) is 4.10. The molecular weight excluding hydrogens is 318 g/mol. The Morgan fingerprint density at radius 2 is 2.05 bits per heavy atom. The van der Waals surface area contributed by atoms with E-state index in [4.69, 9.17) is 4.74 Å². The lowest BCUT2D eigenvalue weighted by Gasteiger charge is -2.19. The van der Waals surface area contributed by atoms with Gasteiger partial charge < -0.3 is 4.74 Å². The zero-order valence-electron chi connectivity index (χ0n) is 13.4. The minimum atomic E-state index is -0.482. The molecule has 0 aromatic carbocycles. The number of ether oxygens (including phenoxy) is 1. The Bertz CT molecular complexity index is 500. The van der Waals surface area contributed by atoms with E-state index in [1.807, 2.05) is 26.8 Å². The van der Waals surface area contributed by atoms with E-state index in [1.165, 1.54) is 31.0 Å². The standard InChI is InChI=1S/C16H23NO3S2/c1-16(2,3)20-13(18)10-21-15-17-12(14(19)22-15)9-11-7-5-4-6-8-11/h9,11H,4-8,10H2,1-3H3. The predicted molar refractivity (Wildman–Crippen MR) is 93.0 cm³/mol. The van der Waals surface area contributed by atoms with Gasteiger partial charge in [0, 0.05) is 0 Å². The molecule has 2 aliphatic rings. The molecule has 1 saturated carbocycles. The SMILES string of the molecule is CC(C)(C)OC(=O)CSC1=NC(=CC2CCCCC2)C(=O)S1. The van der Waals surface area contributed by atoms with Gasteiger partial charge in [0.1, 0.15) is 15.7 Å². The molecule has 22 heavy (non-hydrogen) atoms. The zero-order chi connectivity index (χ0) is 16.2. The fourth-order valence-electron chi connectivity index (χ4n) is 2.48. The number of hydrogen-bond acceptors (Lipinski definition) is 6. The van der Waals surface area contributed by atoms with Crippen molar-refractivity contribution in [2.45, 2.75) is 58.5 Å². The van der Waals surface area contributed by atoms with Crippen LogP contribution in [0.5, 0.6) is 0 Å². The molecule has 0 unspecified atom stereocenters. The molecule has 122 valence electrons. The molecule has 4 nitrogen and oxygen atoms in total. The summed E-state index contributed by atoms with van der Waals surface area (Å²) in [6.07, 6.45) is 8.09. The predicted octanol–water partition coefficient (Wildman–Crippen LogP) is 4.15. The van der Waals surface area contributed by atoms with Crippen molar-refractivity contribution in [1.82, 2.24) is 0 Å². The molecule has 0 amide bonds. The summed E-state index contributed by atoms with van der Waals surface area (Å²) in [5, 5.41) is -0.00253. The average Bonchev–Trinajstić information content (AvgIpc) is 2.76. The Labute approximate surface area is 140 Å². The van der Waals surface area contributed by atoms with E-state index in [1.54, 1.807) is 0 Å². The van der Waals surface area contributed by atoms with Crippen molar-refractivity contribution < 1.29 is 14.3 Å². The Morgan fingerprint density at radius 3 is 2.68 bits per heavy atom. The van der Waals surface area contributed by atoms with Crippen LogP contribution in [0.15, 0.2) is 16.8 Å². The lowest BCUT2D eigenvalue weighted by Crippen LogP contribution is -2.25. The summed E-state index contributed by atoms with van der Waals surface area (Å²) in [5.74, 6) is 0.387. The van der Waals surface area contributed by atoms with E-state index in [9.17, 15) is 9.59 Å². The van der Waals surface area contributed by atoms with Crippen LogP contribution in [0.25, 0.3) is 0 Å². The Balaban J connectivity index is 1.87. The van der Waals surface area contributed by atoms with Gasteiger partial charge in [-0.05, 0) is 51.3 Å². The van der Waals surface area contributed by atoms with Gasteiger partial charge in [0.2, 0.25) is 5.12 Å². The first-order valence-corrected chi connectivity index (χ1v) is 9.51. The molecule has 1 fully saturated rings. The number of allylic oxidation sites excluding steroid dienone is 1. The van der Waals surface area contributed by atoms with Crippen LogP contribution < -0.4 is 0 Å². The van der Waals surface area contributed by atoms with Crippen LogP contribution in [0.1, 0.15) is 52.9 Å². The van der Waals surface area contributed by atoms with E-state index < -0.39 is 5.60 Å². The second-order valence-corrected chi connectivity index (χ2v) is 8.78. The summed E-state index contributed by atoms with van der Waals surface area (Å²) in [6, 6.07) is 0. The molecule has 0 spiro atoms. The van der Waals surface area contributed by atoms with Gasteiger partial charge in [0.25, 0.3) is 0 Å². The Morgan fingerprint density at radius 1 is 1.36 bits per heavy atom. The molecule has 6 heteroatoms. The highest BCUT2D eigenvalue weighted by atomic mass is 32.2. The first kappa shape index (κ1) is 17.6. The molecule has 0 aromatic rings. The summed E-state index contributed by atoms with van der Waals surface area (Å²) in [6.45, 7) is 5.52. The van der Waals surface area contributed by atoms with E-state index in [-0.39, 0.29) is 16.8 Å². The topological polar surface area (TPSA) is 55.7 Å². The molecule has 0 atom stereocenters. The lowest BCUT2D eigenvalue weighted by atomic mass is 9.89. The van der Waals surface area contributed by atoms with E-state index in [0.29, 0.717) is 16.0 Å². The molecule has 0 aromatic heterocycles. The molecule has 2 rings (SSSR count). The van der Waals surface area contributed by atoms with E-state index in [2.05, 4.69) is 4.99 Å². The van der Waals surface area contributed by atoms with Gasteiger partial charge in [-0.3, -0.25) is 9.59 Å². The largest absolute Gasteiger partial charge is 0.459 e. The maximum atomic E-state index is 12.0. The van der Waals surface area contributed by atoms with Gasteiger partial charge in [-0.2, -0.15) is 0 Å². The van der Waals surface area contributed by atoms with Crippen LogP contribution in [0.4, 0.5) is 0 Å². The van der Waals surface area contributed by atoms with Crippen molar-refractivity contribution in [1.29, 1.82) is 0 Å². The number of rotatable bonds is 3. The third kappa shape index (κ3) is 5.80. The van der Waals surface area contributed by atoms with Crippen LogP contribution in [0, 0.1) is 5.92 Å². The Kier molecular flexibility index (Phi) is 6.15. The maximum absolute atomic E-state index is 12.0. The van der Waals surface area contributed by atoms with Crippen molar-refractivity contribution in [2.75, 3.05) is 5.75 Å². The molecule has 0 radical (unpaired) electrons. The highest BCUT2D eigenvalue weighted by molar-refractivity contribution is 8.45. The van der Waals surface area contributed by atoms with Crippen LogP contribution in [-0.2, 0) is 14.3 Å². The minimum absolute atomic E-state index is 0.00253. The number of esters is 1. The molecule has 1 heterocycles. The minimum Gasteiger partial charge on any atom is -0.459 e. The average molecular weight is 341 g/mol. The Hall–Kier alpha value is -0.750. The maximum Gasteiger partial charge on any atom is 0.316 e. The van der Waals surface area contributed by atoms with Crippen LogP contribution in [0.3, 0.4) is 0 Å². The van der Waals surface area contributed by atoms with Crippen LogP contribution in [-0.4, -0.2) is 26.8 Å². The number of nitrogens with zero attached hydrogens (tertiary/aromatic N) is 1. The quantitative estimate of drug-likeness (QED) is 0.570. The van der Waals surface area contributed by atoms with Crippen LogP contribution >= 0.6 is 23.5 Å². The summed E-state index contributed by atoms with van der Waals surface area (Å²) in [4.78, 5) is 28.0. The van der Waals surface area contributed by atoms with Gasteiger partial charge in [-0.1, -0.05) is 37.1 Å². The van der Waals surface area contributed by atoms with Crippen molar-refractivity contribution in [3.63, 3.8) is 0 Å². The fraction of sp³-hybridized carbons (Fsp3) is 0.688. The first-order chi connectivity index (χ1) is 10.3. The molecular formula is C16H23NO3S2. The van der Waals surface area contributed by atoms with Gasteiger partial charge in [0.05, 0.1) is 5.75 Å². The highest BCUT2D eigenvalue weighted by Crippen LogP contribution is 2.33. The summed E-state index contributed by atoms with van der Waals surface area (Å²) < 4.78 is 5.90. The normalized spacial score (nSPS) is 22.0. The molecule has 0 saturated heterocycles. The van der Waals surface area contributed by atoms with Crippen molar-refractivity contribution in [2.24, 2.45) is 10.9 Å². The number of hydrogen-bond donors (Lipinski definition) is 0. The van der Waals surface area contributed by atoms with Crippen molar-refractivity contribution in [3.8, 4) is 0 Å². The van der Waals surface area contributed by atoms with E-state index >= 15 is 0 Å². The molecule has 1 aliphatic heterocycles. The van der Waals surface area contributed by atoms with Crippen molar-refractivity contribution >= 4 is 39.0 Å². The van der Waals surface area contributed by atoms with E-state index in [0.717, 1.165) is 24.6 Å². The van der Waals surface area contributed by atoms with Gasteiger partial charge >= 0.3 is 5.97 Å². The lowest BCUT2D eigenvalue weighted by molar-refractivity contribution is -0.151. The first-order valence-electron chi connectivity index (χ1n) is 7.71. The summed E-state index contributed by atoms with van der Waals surface area (Å²) >= 11 is 2.40. The monoisotopic (exact) mass is 341 g/mol. The van der Waals surface area contributed by atoms with Gasteiger partial charge in [0.15, 0.2) is 0 Å². The third-order valence-corrected chi connectivity index (χ3v) is 5.36. The number of carbonyl (C=O) groups excluding carboxylic acids is 2. The number of aliphatic imine (C=N–C) groups is 1. The summed E-state index contributed by atoms with van der Waals surface area (Å²) in [7, 11) is 0. The second-order valence-electron chi connectivity index (χ2n) is 6.59. The number of thioether (sulfide) groups is 2. The summed E-state index contributed by atoms with van der Waals surface area (Å²) in [5.41, 5.74) is 0.0769. The zero-order valence-corrected chi connectivity index (χ0v) is 15.0. The highest BCUT2D eigenvalue weighted by Gasteiger charge is 2.25. The third-order valence-electron chi connectivity index (χ3n) is 3.38.